The van der Waals surface area contributed by atoms with Crippen LogP contribution in [0.1, 0.15) is 12.0 Å². The lowest BCUT2D eigenvalue weighted by Crippen LogP contribution is -2.33. The highest BCUT2D eigenvalue weighted by Gasteiger charge is 2.20. The van der Waals surface area contributed by atoms with Crippen LogP contribution in [0.5, 0.6) is 0 Å². The van der Waals surface area contributed by atoms with E-state index in [4.69, 9.17) is 11.6 Å². The normalized spacial score (nSPS) is 11.2. The fraction of sp³-hybridized carbons (Fsp3) is 0.235. The smallest absolute Gasteiger partial charge is 0.232 e. The zero-order valence-corrected chi connectivity index (χ0v) is 15.4. The van der Waals surface area contributed by atoms with Crippen LogP contribution in [0.15, 0.2) is 42.5 Å². The van der Waals surface area contributed by atoms with Gasteiger partial charge in [0.15, 0.2) is 0 Å². The van der Waals surface area contributed by atoms with Crippen LogP contribution in [0.25, 0.3) is 0 Å². The Morgan fingerprint density at radius 1 is 1.24 bits per heavy atom. The first-order chi connectivity index (χ1) is 11.7. The summed E-state index contributed by atoms with van der Waals surface area (Å²) < 4.78 is 38.3. The molecule has 0 radical (unpaired) electrons. The van der Waals surface area contributed by atoms with E-state index in [1.54, 1.807) is 12.1 Å². The van der Waals surface area contributed by atoms with Gasteiger partial charge in [0.05, 0.1) is 17.0 Å². The zero-order chi connectivity index (χ0) is 18.6. The van der Waals surface area contributed by atoms with Gasteiger partial charge in [-0.15, -0.1) is 0 Å². The van der Waals surface area contributed by atoms with E-state index in [1.807, 2.05) is 19.1 Å². The minimum atomic E-state index is -3.65. The van der Waals surface area contributed by atoms with Gasteiger partial charge in [0, 0.05) is 18.7 Å². The van der Waals surface area contributed by atoms with Crippen LogP contribution in [0.3, 0.4) is 0 Å². The maximum atomic E-state index is 13.3. The second-order valence-electron chi connectivity index (χ2n) is 5.55. The second-order valence-corrected chi connectivity index (χ2v) is 7.86. The first-order valence-corrected chi connectivity index (χ1v) is 9.69. The molecular formula is C17H18ClFN2O3S. The third-order valence-corrected chi connectivity index (χ3v) is 5.04. The number of para-hydroxylation sites is 1. The van der Waals surface area contributed by atoms with Crippen molar-refractivity contribution in [2.45, 2.75) is 13.3 Å². The van der Waals surface area contributed by atoms with E-state index >= 15 is 0 Å². The Morgan fingerprint density at radius 2 is 1.92 bits per heavy atom. The fourth-order valence-corrected chi connectivity index (χ4v) is 3.35. The lowest BCUT2D eigenvalue weighted by atomic mass is 10.2. The fourth-order valence-electron chi connectivity index (χ4n) is 2.26. The molecule has 0 spiro atoms. The van der Waals surface area contributed by atoms with Gasteiger partial charge >= 0.3 is 0 Å². The summed E-state index contributed by atoms with van der Waals surface area (Å²) in [5, 5.41) is 2.56. The number of halogens is 2. The first kappa shape index (κ1) is 19.2. The van der Waals surface area contributed by atoms with Crippen LogP contribution in [0.4, 0.5) is 15.8 Å². The Labute approximate surface area is 151 Å². The molecule has 25 heavy (non-hydrogen) atoms. The number of hydrogen-bond donors (Lipinski definition) is 1. The Balaban J connectivity index is 2.12. The van der Waals surface area contributed by atoms with Crippen molar-refractivity contribution >= 4 is 38.9 Å². The highest BCUT2D eigenvalue weighted by Crippen LogP contribution is 2.24. The monoisotopic (exact) mass is 384 g/mol. The second kappa shape index (κ2) is 7.84. The molecule has 1 amide bonds. The summed E-state index contributed by atoms with van der Waals surface area (Å²) >= 11 is 5.72. The molecule has 2 rings (SSSR count). The summed E-state index contributed by atoms with van der Waals surface area (Å²) in [4.78, 5) is 12.1. The van der Waals surface area contributed by atoms with Crippen molar-refractivity contribution < 1.29 is 17.6 Å². The van der Waals surface area contributed by atoms with Crippen molar-refractivity contribution in [3.63, 3.8) is 0 Å². The first-order valence-electron chi connectivity index (χ1n) is 7.47. The molecule has 0 saturated heterocycles. The Kier molecular flexibility index (Phi) is 6.02. The summed E-state index contributed by atoms with van der Waals surface area (Å²) in [6.45, 7) is 1.78. The molecule has 0 saturated carbocycles. The summed E-state index contributed by atoms with van der Waals surface area (Å²) in [7, 11) is -3.65. The highest BCUT2D eigenvalue weighted by atomic mass is 35.5. The van der Waals surface area contributed by atoms with E-state index in [0.717, 1.165) is 22.2 Å². The van der Waals surface area contributed by atoms with Crippen molar-refractivity contribution in [1.82, 2.24) is 0 Å². The van der Waals surface area contributed by atoms with Gasteiger partial charge in [-0.3, -0.25) is 9.10 Å². The van der Waals surface area contributed by atoms with E-state index in [1.165, 1.54) is 12.1 Å². The molecule has 0 heterocycles. The number of amides is 1. The van der Waals surface area contributed by atoms with Crippen molar-refractivity contribution in [2.75, 3.05) is 22.4 Å². The van der Waals surface area contributed by atoms with Crippen LogP contribution in [0, 0.1) is 12.7 Å². The minimum Gasteiger partial charge on any atom is -0.326 e. The van der Waals surface area contributed by atoms with Gasteiger partial charge in [0.25, 0.3) is 0 Å². The van der Waals surface area contributed by atoms with Crippen molar-refractivity contribution in [3.8, 4) is 0 Å². The Bertz CT molecular complexity index is 887. The van der Waals surface area contributed by atoms with Gasteiger partial charge in [-0.2, -0.15) is 0 Å². The summed E-state index contributed by atoms with van der Waals surface area (Å²) in [6, 6.07) is 10.9. The molecule has 0 unspecified atom stereocenters. The number of hydrogen-bond acceptors (Lipinski definition) is 3. The van der Waals surface area contributed by atoms with Gasteiger partial charge in [-0.25, -0.2) is 12.8 Å². The number of sulfonamides is 1. The van der Waals surface area contributed by atoms with Crippen molar-refractivity contribution in [2.24, 2.45) is 0 Å². The molecule has 2 aromatic carbocycles. The molecule has 0 fully saturated rings. The lowest BCUT2D eigenvalue weighted by molar-refractivity contribution is -0.116. The number of rotatable bonds is 6. The predicted molar refractivity (Wildman–Crippen MR) is 98.0 cm³/mol. The van der Waals surface area contributed by atoms with Crippen LogP contribution in [-0.4, -0.2) is 27.1 Å². The predicted octanol–water partition coefficient (Wildman–Crippen LogP) is 3.58. The molecule has 0 aromatic heterocycles. The van der Waals surface area contributed by atoms with Crippen LogP contribution in [-0.2, 0) is 14.8 Å². The van der Waals surface area contributed by atoms with E-state index in [0.29, 0.717) is 5.69 Å². The number of carbonyl (C=O) groups is 1. The molecule has 0 aliphatic heterocycles. The quantitative estimate of drug-likeness (QED) is 0.827. The number of carbonyl (C=O) groups excluding carboxylic acids is 1. The third kappa shape index (κ3) is 5.17. The van der Waals surface area contributed by atoms with E-state index in [2.05, 4.69) is 5.32 Å². The standard InChI is InChI=1S/C17H18ClFN2O3S/c1-12-5-3-4-6-16(12)20-17(22)9-10-21(25(2,23)24)13-7-8-15(19)14(18)11-13/h3-8,11H,9-10H2,1-2H3,(H,20,22). The molecule has 134 valence electrons. The van der Waals surface area contributed by atoms with Crippen LogP contribution in [0.2, 0.25) is 5.02 Å². The lowest BCUT2D eigenvalue weighted by Gasteiger charge is -2.22. The van der Waals surface area contributed by atoms with Gasteiger partial charge < -0.3 is 5.32 Å². The average Bonchev–Trinajstić information content (AvgIpc) is 2.52. The molecule has 0 aliphatic carbocycles. The maximum absolute atomic E-state index is 13.3. The van der Waals surface area contributed by atoms with E-state index < -0.39 is 15.8 Å². The summed E-state index contributed by atoms with van der Waals surface area (Å²) in [6.07, 6.45) is 0.958. The van der Waals surface area contributed by atoms with Gasteiger partial charge in [0.1, 0.15) is 5.82 Å². The highest BCUT2D eigenvalue weighted by molar-refractivity contribution is 7.92. The number of nitrogens with zero attached hydrogens (tertiary/aromatic N) is 1. The molecule has 5 nitrogen and oxygen atoms in total. The maximum Gasteiger partial charge on any atom is 0.232 e. The van der Waals surface area contributed by atoms with Gasteiger partial charge in [0.2, 0.25) is 15.9 Å². The Hall–Kier alpha value is -2.12. The summed E-state index contributed by atoms with van der Waals surface area (Å²) in [5.74, 6) is -0.965. The Morgan fingerprint density at radius 3 is 2.52 bits per heavy atom. The SMILES string of the molecule is Cc1ccccc1NC(=O)CCN(c1ccc(F)c(Cl)c1)S(C)(=O)=O. The van der Waals surface area contributed by atoms with Crippen molar-refractivity contribution in [3.05, 3.63) is 58.9 Å². The number of aryl methyl sites for hydroxylation is 1. The van der Waals surface area contributed by atoms with Crippen molar-refractivity contribution in [1.29, 1.82) is 0 Å². The molecule has 1 N–H and O–H groups in total. The number of nitrogens with one attached hydrogen (secondary N) is 1. The topological polar surface area (TPSA) is 66.5 Å². The van der Waals surface area contributed by atoms with Crippen LogP contribution >= 0.6 is 11.6 Å². The number of anilines is 2. The average molecular weight is 385 g/mol. The van der Waals surface area contributed by atoms with Gasteiger partial charge in [-0.1, -0.05) is 29.8 Å². The molecule has 8 heteroatoms. The minimum absolute atomic E-state index is 0.0591. The molecule has 0 atom stereocenters. The molecule has 2 aromatic rings. The number of benzene rings is 2. The third-order valence-electron chi connectivity index (χ3n) is 3.55. The largest absolute Gasteiger partial charge is 0.326 e. The van der Waals surface area contributed by atoms with Crippen LogP contribution < -0.4 is 9.62 Å². The summed E-state index contributed by atoms with van der Waals surface area (Å²) in [5.41, 5.74) is 1.78. The zero-order valence-electron chi connectivity index (χ0n) is 13.8. The van der Waals surface area contributed by atoms with E-state index in [9.17, 15) is 17.6 Å². The molecular weight excluding hydrogens is 367 g/mol. The van der Waals surface area contributed by atoms with E-state index in [-0.39, 0.29) is 29.6 Å². The molecule has 0 aliphatic rings. The van der Waals surface area contributed by atoms with Gasteiger partial charge in [-0.05, 0) is 36.8 Å². The molecule has 0 bridgehead atoms.